The number of nitrogens with one attached hydrogen (secondary N) is 4. The third kappa shape index (κ3) is 5.07. The van der Waals surface area contributed by atoms with E-state index in [-0.39, 0.29) is 29.2 Å². The molecule has 2 spiro atoms. The van der Waals surface area contributed by atoms with E-state index in [9.17, 15) is 18.3 Å². The first kappa shape index (κ1) is 32.5. The van der Waals surface area contributed by atoms with E-state index in [0.29, 0.717) is 53.4 Å². The normalized spacial score (nSPS) is 27.9. The summed E-state index contributed by atoms with van der Waals surface area (Å²) >= 11 is 0. The van der Waals surface area contributed by atoms with Crippen LogP contribution in [0.15, 0.2) is 71.4 Å². The van der Waals surface area contributed by atoms with E-state index in [2.05, 4.69) is 46.6 Å². The fraction of sp³-hybridized carbons (Fsp3) is 0.400. The van der Waals surface area contributed by atoms with Crippen LogP contribution in [-0.2, 0) is 19.2 Å². The summed E-state index contributed by atoms with van der Waals surface area (Å²) in [6, 6.07) is 20.0. The van der Waals surface area contributed by atoms with Crippen molar-refractivity contribution < 1.29 is 22.6 Å². The van der Waals surface area contributed by atoms with Gasteiger partial charge in [0.2, 0.25) is 5.78 Å². The quantitative estimate of drug-likeness (QED) is 0.145. The average molecular weight is 706 g/mol. The van der Waals surface area contributed by atoms with Crippen LogP contribution in [0.2, 0.25) is 0 Å². The summed E-state index contributed by atoms with van der Waals surface area (Å²) in [4.78, 5) is 19.7. The van der Waals surface area contributed by atoms with E-state index in [4.69, 9.17) is 9.28 Å². The molecule has 9 rings (SSSR count). The van der Waals surface area contributed by atoms with E-state index < -0.39 is 21.0 Å². The minimum atomic E-state index is -3.89. The smallest absolute Gasteiger partial charge is 0.286 e. The molecule has 0 aromatic heterocycles. The van der Waals surface area contributed by atoms with Crippen molar-refractivity contribution in [1.29, 1.82) is 0 Å². The molecule has 11 heteroatoms. The predicted molar refractivity (Wildman–Crippen MR) is 201 cm³/mol. The average Bonchev–Trinajstić information content (AvgIpc) is 3.13. The van der Waals surface area contributed by atoms with Gasteiger partial charge in [0.25, 0.3) is 10.1 Å². The van der Waals surface area contributed by atoms with Crippen molar-refractivity contribution in [1.82, 2.24) is 5.48 Å². The molecule has 4 atom stereocenters. The van der Waals surface area contributed by atoms with Crippen LogP contribution >= 0.6 is 0 Å². The molecule has 5 N–H and O–H groups in total. The van der Waals surface area contributed by atoms with Gasteiger partial charge in [0.15, 0.2) is 0 Å². The molecule has 0 bridgehead atoms. The van der Waals surface area contributed by atoms with Crippen molar-refractivity contribution in [2.45, 2.75) is 88.2 Å². The van der Waals surface area contributed by atoms with Gasteiger partial charge >= 0.3 is 0 Å². The molecule has 4 aromatic rings. The first-order valence-electron chi connectivity index (χ1n) is 18.3. The van der Waals surface area contributed by atoms with Crippen LogP contribution < -0.4 is 32.0 Å². The van der Waals surface area contributed by atoms with Gasteiger partial charge in [-0.3, -0.25) is 9.79 Å². The summed E-state index contributed by atoms with van der Waals surface area (Å²) in [5.74, 6) is 0.321. The lowest BCUT2D eigenvalue weighted by Gasteiger charge is -2.47. The molecule has 3 aliphatic carbocycles. The first-order valence-corrected chi connectivity index (χ1v) is 19.8. The Hall–Kier alpha value is -4.45. The highest BCUT2D eigenvalue weighted by Gasteiger charge is 2.45. The largest absolute Gasteiger partial charge is 0.506 e. The summed E-state index contributed by atoms with van der Waals surface area (Å²) in [7, 11) is -3.89. The van der Waals surface area contributed by atoms with Gasteiger partial charge in [0.1, 0.15) is 17.1 Å². The van der Waals surface area contributed by atoms with Gasteiger partial charge in [-0.25, -0.2) is 0 Å². The van der Waals surface area contributed by atoms with E-state index >= 15 is 0 Å². The molecular formula is C40H43N5O5S. The van der Waals surface area contributed by atoms with Crippen LogP contribution in [0.1, 0.15) is 77.2 Å². The maximum absolute atomic E-state index is 14.4. The van der Waals surface area contributed by atoms with Gasteiger partial charge in [-0.05, 0) is 67.3 Å². The van der Waals surface area contributed by atoms with E-state index in [1.165, 1.54) is 6.42 Å². The van der Waals surface area contributed by atoms with Crippen LogP contribution in [0.3, 0.4) is 0 Å². The number of anilines is 3. The number of hydrogen-bond acceptors (Lipinski definition) is 10. The zero-order chi connectivity index (χ0) is 35.1. The van der Waals surface area contributed by atoms with Gasteiger partial charge in [0.05, 0.1) is 27.4 Å². The summed E-state index contributed by atoms with van der Waals surface area (Å²) < 4.78 is 31.4. The molecule has 10 nitrogen and oxygen atoms in total. The van der Waals surface area contributed by atoms with Gasteiger partial charge in [-0.15, -0.1) is 0 Å². The minimum Gasteiger partial charge on any atom is -0.506 e. The molecule has 264 valence electrons. The summed E-state index contributed by atoms with van der Waals surface area (Å²) in [5, 5.41) is 27.5. The lowest BCUT2D eigenvalue weighted by molar-refractivity contribution is -0.109. The number of nitrogens with zero attached hydrogens (tertiary/aromatic N) is 1. The van der Waals surface area contributed by atoms with E-state index in [1.54, 1.807) is 6.92 Å². The highest BCUT2D eigenvalue weighted by atomic mass is 32.2. The Morgan fingerprint density at radius 1 is 0.882 bits per heavy atom. The van der Waals surface area contributed by atoms with Crippen LogP contribution in [0.4, 0.5) is 17.1 Å². The Kier molecular flexibility index (Phi) is 7.51. The highest BCUT2D eigenvalue weighted by Crippen LogP contribution is 2.50. The Bertz CT molecular complexity index is 2430. The van der Waals surface area contributed by atoms with Crippen LogP contribution in [0, 0.1) is 5.92 Å². The number of aliphatic hydroxyl groups is 1. The molecule has 51 heavy (non-hydrogen) atoms. The zero-order valence-corrected chi connectivity index (χ0v) is 29.8. The molecule has 0 amide bonds. The fourth-order valence-corrected chi connectivity index (χ4v) is 10.7. The zero-order valence-electron chi connectivity index (χ0n) is 28.9. The minimum absolute atomic E-state index is 0.0449. The van der Waals surface area contributed by atoms with Gasteiger partial charge in [-0.2, -0.15) is 18.2 Å². The van der Waals surface area contributed by atoms with Gasteiger partial charge < -0.3 is 21.1 Å². The number of carbonyl (C=O) groups excluding carboxylic acids is 1. The van der Waals surface area contributed by atoms with Crippen LogP contribution in [0.5, 0.6) is 0 Å². The molecule has 2 heterocycles. The van der Waals surface area contributed by atoms with Gasteiger partial charge in [0, 0.05) is 45.9 Å². The Balaban J connectivity index is 1.20. The van der Waals surface area contributed by atoms with Gasteiger partial charge in [-0.1, -0.05) is 75.2 Å². The molecule has 2 aliphatic heterocycles. The van der Waals surface area contributed by atoms with E-state index in [0.717, 1.165) is 64.3 Å². The Morgan fingerprint density at radius 3 is 2.39 bits per heavy atom. The van der Waals surface area contributed by atoms with Crippen molar-refractivity contribution in [3.8, 4) is 0 Å². The van der Waals surface area contributed by atoms with Crippen LogP contribution in [0.25, 0.3) is 32.7 Å². The fourth-order valence-electron chi connectivity index (χ4n) is 9.37. The molecule has 2 saturated carbocycles. The van der Waals surface area contributed by atoms with Crippen molar-refractivity contribution in [2.75, 3.05) is 22.5 Å². The van der Waals surface area contributed by atoms with Crippen LogP contribution in [-0.4, -0.2) is 42.4 Å². The Morgan fingerprint density at radius 2 is 1.63 bits per heavy atom. The number of hydrogen-bond donors (Lipinski definition) is 5. The maximum Gasteiger partial charge on any atom is 0.286 e. The number of carbonyl (C=O) groups is 1. The third-order valence-corrected chi connectivity index (χ3v) is 13.4. The van der Waals surface area contributed by atoms with Crippen molar-refractivity contribution >= 4 is 65.7 Å². The first-order chi connectivity index (χ1) is 24.6. The number of benzene rings is 4. The standard InChI is InChI=1S/C40H43N5O5S/c1-3-23-9-7-19-39(21-23)42-29-13-5-10-24-15-17-27(35(44-39)31(24)29)33-37(46)34(38(33)47)28-18-16-25-11-6-14-30-32(25)36(28)45-40(43-30)20-8-12-26(22-40)51(48,49)50-41-4-2/h5-6,10-11,13-18,23,26,41-44,46H,3-4,7-9,12,19-22H2,1-2H3. The van der Waals surface area contributed by atoms with Crippen molar-refractivity contribution in [3.05, 3.63) is 82.6 Å². The molecule has 4 aromatic carbocycles. The lowest BCUT2D eigenvalue weighted by Crippen LogP contribution is -2.51. The second kappa shape index (κ2) is 11.8. The molecule has 5 aliphatic rings. The molecule has 2 fully saturated rings. The number of aliphatic hydroxyl groups excluding tert-OH is 1. The lowest BCUT2D eigenvalue weighted by atomic mass is 9.76. The highest BCUT2D eigenvalue weighted by molar-refractivity contribution is 7.87. The number of ketones is 1. The predicted octanol–water partition coefficient (Wildman–Crippen LogP) is 6.38. The summed E-state index contributed by atoms with van der Waals surface area (Å²) in [6.45, 7) is 4.39. The topological polar surface area (TPSA) is 141 Å². The monoisotopic (exact) mass is 705 g/mol. The van der Waals surface area contributed by atoms with Crippen molar-refractivity contribution in [2.24, 2.45) is 10.9 Å². The number of allylic oxidation sites excluding steroid dienone is 2. The number of hydroxylamine groups is 1. The number of Topliss-reactive ketones (excluding diaryl/α,β-unsaturated/α-hetero) is 1. The second-order valence-electron chi connectivity index (χ2n) is 14.9. The third-order valence-electron chi connectivity index (χ3n) is 11.8. The maximum atomic E-state index is 14.4. The number of rotatable bonds is 6. The SMILES string of the molecule is CCNOS(=O)(=O)C1CCCC2(C1)N=c1c(=C3C(=O)C(c4ccc5cccc6c5c4NC4(CCCC(CC)C4)N6)=C3O)ccc3cccc(c13)N2. The van der Waals surface area contributed by atoms with E-state index in [1.807, 2.05) is 42.5 Å². The molecular weight excluding hydrogens is 663 g/mol. The summed E-state index contributed by atoms with van der Waals surface area (Å²) in [5.41, 5.74) is 5.26. The van der Waals surface area contributed by atoms with Crippen molar-refractivity contribution in [3.63, 3.8) is 0 Å². The second-order valence-corrected chi connectivity index (χ2v) is 16.8. The molecule has 4 unspecified atom stereocenters. The molecule has 0 saturated heterocycles. The Labute approximate surface area is 297 Å². The summed E-state index contributed by atoms with van der Waals surface area (Å²) in [6.07, 6.45) is 7.30. The molecule has 0 radical (unpaired) electrons.